The van der Waals surface area contributed by atoms with Crippen molar-refractivity contribution in [2.75, 3.05) is 12.3 Å². The Morgan fingerprint density at radius 1 is 1.06 bits per heavy atom. The first-order valence-corrected chi connectivity index (χ1v) is 12.4. The summed E-state index contributed by atoms with van der Waals surface area (Å²) >= 11 is 2.80. The number of benzene rings is 2. The van der Waals surface area contributed by atoms with Gasteiger partial charge in [-0.05, 0) is 31.0 Å². The molecule has 0 unspecified atom stereocenters. The topological polar surface area (TPSA) is 55.2 Å². The number of nitrogens with zero attached hydrogens (tertiary/aromatic N) is 3. The van der Waals surface area contributed by atoms with Crippen molar-refractivity contribution in [1.82, 2.24) is 14.5 Å². The van der Waals surface area contributed by atoms with Gasteiger partial charge in [0.1, 0.15) is 4.70 Å². The molecule has 2 heterocycles. The van der Waals surface area contributed by atoms with Gasteiger partial charge < -0.3 is 4.90 Å². The van der Waals surface area contributed by atoms with E-state index >= 15 is 0 Å². The molecular formula is C25H25N3O2S2. The fourth-order valence-electron chi connectivity index (χ4n) is 3.52. The lowest BCUT2D eigenvalue weighted by Crippen LogP contribution is -2.32. The monoisotopic (exact) mass is 463 g/mol. The van der Waals surface area contributed by atoms with E-state index in [-0.39, 0.29) is 17.2 Å². The van der Waals surface area contributed by atoms with E-state index in [1.54, 1.807) is 4.57 Å². The van der Waals surface area contributed by atoms with E-state index in [2.05, 4.69) is 0 Å². The fraction of sp³-hybridized carbons (Fsp3) is 0.240. The molecule has 164 valence electrons. The van der Waals surface area contributed by atoms with Gasteiger partial charge in [-0.3, -0.25) is 14.2 Å². The summed E-state index contributed by atoms with van der Waals surface area (Å²) < 4.78 is 2.32. The van der Waals surface area contributed by atoms with E-state index in [0.29, 0.717) is 35.0 Å². The molecule has 0 radical (unpaired) electrons. The summed E-state index contributed by atoms with van der Waals surface area (Å²) in [6.45, 7) is 5.63. The van der Waals surface area contributed by atoms with E-state index in [1.807, 2.05) is 85.5 Å². The Hall–Kier alpha value is -2.90. The van der Waals surface area contributed by atoms with Crippen LogP contribution >= 0.6 is 23.1 Å². The van der Waals surface area contributed by atoms with E-state index in [1.165, 1.54) is 23.1 Å². The van der Waals surface area contributed by atoms with Gasteiger partial charge in [0, 0.05) is 24.5 Å². The summed E-state index contributed by atoms with van der Waals surface area (Å²) in [7, 11) is 0. The molecule has 2 aromatic carbocycles. The number of rotatable bonds is 8. The maximum Gasteiger partial charge on any atom is 0.272 e. The van der Waals surface area contributed by atoms with Crippen LogP contribution in [-0.2, 0) is 17.9 Å². The molecule has 4 rings (SSSR count). The van der Waals surface area contributed by atoms with Gasteiger partial charge >= 0.3 is 0 Å². The number of hydrogen-bond donors (Lipinski definition) is 0. The molecule has 0 spiro atoms. The molecule has 0 aliphatic carbocycles. The maximum atomic E-state index is 13.1. The number of aromatic nitrogens is 2. The highest BCUT2D eigenvalue weighted by Crippen LogP contribution is 2.32. The Morgan fingerprint density at radius 3 is 2.41 bits per heavy atom. The maximum absolute atomic E-state index is 13.1. The largest absolute Gasteiger partial charge is 0.338 e. The normalized spacial score (nSPS) is 11.1. The lowest BCUT2D eigenvalue weighted by molar-refractivity contribution is -0.128. The fourth-order valence-corrected chi connectivity index (χ4v) is 5.54. The number of thioether (sulfide) groups is 1. The van der Waals surface area contributed by atoms with Crippen molar-refractivity contribution < 1.29 is 4.79 Å². The zero-order chi connectivity index (χ0) is 22.5. The number of thiophene rings is 1. The van der Waals surface area contributed by atoms with Crippen LogP contribution in [0.5, 0.6) is 0 Å². The van der Waals surface area contributed by atoms with Gasteiger partial charge in [-0.1, -0.05) is 72.4 Å². The molecule has 5 nitrogen and oxygen atoms in total. The van der Waals surface area contributed by atoms with Gasteiger partial charge in [0.25, 0.3) is 5.56 Å². The second-order valence-electron chi connectivity index (χ2n) is 7.32. The first-order chi connectivity index (χ1) is 15.6. The first-order valence-electron chi connectivity index (χ1n) is 10.6. The lowest BCUT2D eigenvalue weighted by Gasteiger charge is -2.21. The molecule has 2 aromatic heterocycles. The van der Waals surface area contributed by atoms with Crippen molar-refractivity contribution >= 4 is 39.2 Å². The molecule has 0 saturated carbocycles. The smallest absolute Gasteiger partial charge is 0.272 e. The summed E-state index contributed by atoms with van der Waals surface area (Å²) in [6.07, 6.45) is 0. The summed E-state index contributed by atoms with van der Waals surface area (Å²) in [6, 6.07) is 21.9. The average molecular weight is 464 g/mol. The third-order valence-electron chi connectivity index (χ3n) is 5.25. The van der Waals surface area contributed by atoms with Crippen LogP contribution in [-0.4, -0.2) is 32.7 Å². The minimum atomic E-state index is -0.0451. The zero-order valence-electron chi connectivity index (χ0n) is 18.2. The highest BCUT2D eigenvalue weighted by Gasteiger charge is 2.18. The SMILES string of the molecule is CCN(Cc1ccccc1)C(=O)CSc1nc2cc(-c3ccccc3)sc2c(=O)n1CC. The van der Waals surface area contributed by atoms with Crippen molar-refractivity contribution in [2.24, 2.45) is 0 Å². The number of fused-ring (bicyclic) bond motifs is 1. The van der Waals surface area contributed by atoms with Gasteiger partial charge in [0.15, 0.2) is 5.16 Å². The Labute approximate surface area is 195 Å². The third-order valence-corrected chi connectivity index (χ3v) is 7.37. The molecule has 0 fully saturated rings. The molecule has 0 atom stereocenters. The second-order valence-corrected chi connectivity index (χ2v) is 9.31. The van der Waals surface area contributed by atoms with Crippen LogP contribution in [0.25, 0.3) is 20.7 Å². The standard InChI is InChI=1S/C25H25N3O2S2/c1-3-27(16-18-11-7-5-8-12-18)22(29)17-31-25-26-20-15-21(19-13-9-6-10-14-19)32-23(20)24(30)28(25)4-2/h5-15H,3-4,16-17H2,1-2H3. The van der Waals surface area contributed by atoms with E-state index < -0.39 is 0 Å². The summed E-state index contributed by atoms with van der Waals surface area (Å²) in [5.41, 5.74) is 2.82. The van der Waals surface area contributed by atoms with Crippen LogP contribution in [0.15, 0.2) is 76.7 Å². The number of hydrogen-bond acceptors (Lipinski definition) is 5. The molecule has 32 heavy (non-hydrogen) atoms. The Balaban J connectivity index is 1.56. The third kappa shape index (κ3) is 4.79. The van der Waals surface area contributed by atoms with Crippen molar-refractivity contribution in [1.29, 1.82) is 0 Å². The molecule has 4 aromatic rings. The van der Waals surface area contributed by atoms with Gasteiger partial charge in [0.2, 0.25) is 5.91 Å². The number of amides is 1. The highest BCUT2D eigenvalue weighted by atomic mass is 32.2. The van der Waals surface area contributed by atoms with Crippen LogP contribution < -0.4 is 5.56 Å². The highest BCUT2D eigenvalue weighted by molar-refractivity contribution is 7.99. The van der Waals surface area contributed by atoms with Crippen LogP contribution in [0.2, 0.25) is 0 Å². The number of carbonyl (C=O) groups excluding carboxylic acids is 1. The van der Waals surface area contributed by atoms with Crippen molar-refractivity contribution in [3.63, 3.8) is 0 Å². The zero-order valence-corrected chi connectivity index (χ0v) is 19.8. The average Bonchev–Trinajstić information content (AvgIpc) is 3.27. The molecule has 7 heteroatoms. The molecule has 0 N–H and O–H groups in total. The van der Waals surface area contributed by atoms with Crippen LogP contribution in [0.1, 0.15) is 19.4 Å². The van der Waals surface area contributed by atoms with Crippen molar-refractivity contribution in [2.45, 2.75) is 32.1 Å². The van der Waals surface area contributed by atoms with Crippen LogP contribution in [0.3, 0.4) is 0 Å². The minimum absolute atomic E-state index is 0.0358. The Bertz CT molecular complexity index is 1270. The lowest BCUT2D eigenvalue weighted by atomic mass is 10.2. The Kier molecular flexibility index (Phi) is 7.07. The van der Waals surface area contributed by atoms with Gasteiger partial charge in [-0.2, -0.15) is 0 Å². The van der Waals surface area contributed by atoms with Crippen LogP contribution in [0.4, 0.5) is 0 Å². The summed E-state index contributed by atoms with van der Waals surface area (Å²) in [5.74, 6) is 0.280. The summed E-state index contributed by atoms with van der Waals surface area (Å²) in [5, 5.41) is 0.589. The second kappa shape index (κ2) is 10.1. The van der Waals surface area contributed by atoms with Gasteiger partial charge in [-0.15, -0.1) is 11.3 Å². The molecule has 0 saturated heterocycles. The number of carbonyl (C=O) groups is 1. The predicted molar refractivity (Wildman–Crippen MR) is 133 cm³/mol. The molecule has 0 aliphatic heterocycles. The van der Waals surface area contributed by atoms with Crippen LogP contribution in [0, 0.1) is 0 Å². The van der Waals surface area contributed by atoms with Crippen molar-refractivity contribution in [3.05, 3.63) is 82.6 Å². The summed E-state index contributed by atoms with van der Waals surface area (Å²) in [4.78, 5) is 33.6. The molecule has 1 amide bonds. The van der Waals surface area contributed by atoms with E-state index in [0.717, 1.165) is 16.0 Å². The Morgan fingerprint density at radius 2 is 1.75 bits per heavy atom. The molecule has 0 aliphatic rings. The van der Waals surface area contributed by atoms with Gasteiger partial charge in [0.05, 0.1) is 11.3 Å². The minimum Gasteiger partial charge on any atom is -0.338 e. The predicted octanol–water partition coefficient (Wildman–Crippen LogP) is 5.29. The van der Waals surface area contributed by atoms with Gasteiger partial charge in [-0.25, -0.2) is 4.98 Å². The van der Waals surface area contributed by atoms with E-state index in [4.69, 9.17) is 4.98 Å². The molecular weight excluding hydrogens is 438 g/mol. The first kappa shape index (κ1) is 22.3. The quantitative estimate of drug-likeness (QED) is 0.263. The molecule has 0 bridgehead atoms. The van der Waals surface area contributed by atoms with Crippen molar-refractivity contribution in [3.8, 4) is 10.4 Å². The van der Waals surface area contributed by atoms with E-state index in [9.17, 15) is 9.59 Å².